The quantitative estimate of drug-likeness (QED) is 0.642. The van der Waals surface area contributed by atoms with Crippen LogP contribution < -0.4 is 11.1 Å². The van der Waals surface area contributed by atoms with E-state index in [1.807, 2.05) is 6.92 Å². The van der Waals surface area contributed by atoms with Gasteiger partial charge < -0.3 is 11.1 Å². The minimum absolute atomic E-state index is 0. The van der Waals surface area contributed by atoms with Gasteiger partial charge in [0.2, 0.25) is 5.91 Å². The van der Waals surface area contributed by atoms with Crippen LogP contribution in [0.25, 0.3) is 0 Å². The lowest BCUT2D eigenvalue weighted by atomic mass is 9.87. The molecule has 0 aliphatic heterocycles. The average molecular weight is 193 g/mol. The van der Waals surface area contributed by atoms with Crippen molar-refractivity contribution in [3.8, 4) is 0 Å². The summed E-state index contributed by atoms with van der Waals surface area (Å²) in [7, 11) is 1.68. The van der Waals surface area contributed by atoms with Gasteiger partial charge >= 0.3 is 0 Å². The summed E-state index contributed by atoms with van der Waals surface area (Å²) >= 11 is 0. The number of carbonyl (C=O) groups is 1. The highest BCUT2D eigenvalue weighted by Crippen LogP contribution is 2.36. The van der Waals surface area contributed by atoms with Crippen LogP contribution in [0.3, 0.4) is 0 Å². The maximum absolute atomic E-state index is 11.3. The SMILES string of the molecule is CNC(=O)C1(C)CCC(N)C1.Cl. The molecule has 0 saturated heterocycles. The van der Waals surface area contributed by atoms with Crippen LogP contribution in [-0.4, -0.2) is 19.0 Å². The van der Waals surface area contributed by atoms with E-state index in [1.165, 1.54) is 0 Å². The number of halogens is 1. The molecule has 2 atom stereocenters. The molecule has 12 heavy (non-hydrogen) atoms. The van der Waals surface area contributed by atoms with Crippen LogP contribution in [-0.2, 0) is 4.79 Å². The first-order valence-corrected chi connectivity index (χ1v) is 4.06. The monoisotopic (exact) mass is 192 g/mol. The summed E-state index contributed by atoms with van der Waals surface area (Å²) in [5.41, 5.74) is 5.52. The second-order valence-corrected chi connectivity index (χ2v) is 3.64. The first kappa shape index (κ1) is 11.7. The predicted octanol–water partition coefficient (Wildman–Crippen LogP) is 0.672. The van der Waals surface area contributed by atoms with Gasteiger partial charge in [-0.25, -0.2) is 0 Å². The van der Waals surface area contributed by atoms with Crippen molar-refractivity contribution in [1.82, 2.24) is 5.32 Å². The average Bonchev–Trinajstić information content (AvgIpc) is 2.31. The van der Waals surface area contributed by atoms with Gasteiger partial charge in [-0.15, -0.1) is 12.4 Å². The van der Waals surface area contributed by atoms with Gasteiger partial charge in [-0.1, -0.05) is 6.92 Å². The molecule has 3 N–H and O–H groups in total. The number of nitrogens with two attached hydrogens (primary N) is 1. The fourth-order valence-electron chi connectivity index (χ4n) is 1.79. The van der Waals surface area contributed by atoms with Crippen molar-refractivity contribution in [2.24, 2.45) is 11.1 Å². The van der Waals surface area contributed by atoms with E-state index < -0.39 is 0 Å². The Bertz CT molecular complexity index is 174. The van der Waals surface area contributed by atoms with Gasteiger partial charge in [-0.05, 0) is 19.3 Å². The Labute approximate surface area is 79.5 Å². The molecule has 0 bridgehead atoms. The van der Waals surface area contributed by atoms with Crippen molar-refractivity contribution in [3.05, 3.63) is 0 Å². The number of rotatable bonds is 1. The van der Waals surface area contributed by atoms with Crippen LogP contribution in [0.5, 0.6) is 0 Å². The number of carbonyl (C=O) groups excluding carboxylic acids is 1. The molecule has 1 fully saturated rings. The summed E-state index contributed by atoms with van der Waals surface area (Å²) in [6, 6.07) is 0.220. The zero-order chi connectivity index (χ0) is 8.48. The fourth-order valence-corrected chi connectivity index (χ4v) is 1.79. The minimum atomic E-state index is -0.200. The smallest absolute Gasteiger partial charge is 0.225 e. The first-order valence-electron chi connectivity index (χ1n) is 4.06. The van der Waals surface area contributed by atoms with Gasteiger partial charge in [0.25, 0.3) is 0 Å². The molecule has 0 radical (unpaired) electrons. The molecule has 1 aliphatic carbocycles. The summed E-state index contributed by atoms with van der Waals surface area (Å²) in [4.78, 5) is 11.3. The molecule has 2 unspecified atom stereocenters. The van der Waals surface area contributed by atoms with Gasteiger partial charge in [-0.3, -0.25) is 4.79 Å². The summed E-state index contributed by atoms with van der Waals surface area (Å²) in [5.74, 6) is 0.130. The molecule has 4 heteroatoms. The van der Waals surface area contributed by atoms with Crippen molar-refractivity contribution in [2.45, 2.75) is 32.2 Å². The van der Waals surface area contributed by atoms with E-state index in [0.29, 0.717) is 0 Å². The van der Waals surface area contributed by atoms with E-state index in [0.717, 1.165) is 19.3 Å². The van der Waals surface area contributed by atoms with Gasteiger partial charge in [0.05, 0.1) is 0 Å². The fraction of sp³-hybridized carbons (Fsp3) is 0.875. The molecular weight excluding hydrogens is 176 g/mol. The maximum Gasteiger partial charge on any atom is 0.225 e. The number of hydrogen-bond acceptors (Lipinski definition) is 2. The second-order valence-electron chi connectivity index (χ2n) is 3.64. The Kier molecular flexibility index (Phi) is 4.00. The summed E-state index contributed by atoms with van der Waals surface area (Å²) in [5, 5.41) is 2.67. The first-order chi connectivity index (χ1) is 5.08. The summed E-state index contributed by atoms with van der Waals surface area (Å²) in [6.45, 7) is 1.98. The number of hydrogen-bond donors (Lipinski definition) is 2. The van der Waals surface area contributed by atoms with Crippen LogP contribution in [0, 0.1) is 5.41 Å². The summed E-state index contributed by atoms with van der Waals surface area (Å²) < 4.78 is 0. The van der Waals surface area contributed by atoms with E-state index in [9.17, 15) is 4.79 Å². The molecule has 1 amide bonds. The van der Waals surface area contributed by atoms with E-state index in [-0.39, 0.29) is 29.8 Å². The highest BCUT2D eigenvalue weighted by molar-refractivity contribution is 5.85. The molecule has 1 aliphatic rings. The van der Waals surface area contributed by atoms with Crippen molar-refractivity contribution in [3.63, 3.8) is 0 Å². The molecule has 0 aromatic heterocycles. The molecule has 0 aromatic rings. The predicted molar refractivity (Wildman–Crippen MR) is 51.2 cm³/mol. The van der Waals surface area contributed by atoms with E-state index >= 15 is 0 Å². The van der Waals surface area contributed by atoms with Gasteiger partial charge in [0.15, 0.2) is 0 Å². The van der Waals surface area contributed by atoms with Gasteiger partial charge in [0.1, 0.15) is 0 Å². The van der Waals surface area contributed by atoms with Crippen molar-refractivity contribution in [1.29, 1.82) is 0 Å². The van der Waals surface area contributed by atoms with Crippen LogP contribution in [0.1, 0.15) is 26.2 Å². The van der Waals surface area contributed by atoms with E-state index in [2.05, 4.69) is 5.32 Å². The molecule has 72 valence electrons. The Hall–Kier alpha value is -0.280. The Morgan fingerprint density at radius 1 is 1.67 bits per heavy atom. The van der Waals surface area contributed by atoms with Crippen LogP contribution in [0.4, 0.5) is 0 Å². The lowest BCUT2D eigenvalue weighted by Gasteiger charge is -2.20. The molecule has 3 nitrogen and oxygen atoms in total. The normalized spacial score (nSPS) is 34.1. The third kappa shape index (κ3) is 2.11. The zero-order valence-electron chi connectivity index (χ0n) is 7.59. The van der Waals surface area contributed by atoms with Crippen LogP contribution in [0.2, 0.25) is 0 Å². The molecule has 0 spiro atoms. The maximum atomic E-state index is 11.3. The number of nitrogens with one attached hydrogen (secondary N) is 1. The third-order valence-corrected chi connectivity index (χ3v) is 2.55. The Morgan fingerprint density at radius 2 is 2.25 bits per heavy atom. The lowest BCUT2D eigenvalue weighted by Crippen LogP contribution is -2.35. The molecule has 1 saturated carbocycles. The molecule has 0 aromatic carbocycles. The van der Waals surface area contributed by atoms with Crippen molar-refractivity contribution >= 4 is 18.3 Å². The van der Waals surface area contributed by atoms with Crippen LogP contribution >= 0.6 is 12.4 Å². The van der Waals surface area contributed by atoms with Gasteiger partial charge in [0, 0.05) is 18.5 Å². The molecular formula is C8H17ClN2O. The lowest BCUT2D eigenvalue weighted by molar-refractivity contribution is -0.129. The summed E-state index contributed by atoms with van der Waals surface area (Å²) in [6.07, 6.45) is 2.73. The van der Waals surface area contributed by atoms with E-state index in [4.69, 9.17) is 5.73 Å². The van der Waals surface area contributed by atoms with Crippen LogP contribution in [0.15, 0.2) is 0 Å². The van der Waals surface area contributed by atoms with Gasteiger partial charge in [-0.2, -0.15) is 0 Å². The molecule has 1 rings (SSSR count). The topological polar surface area (TPSA) is 55.1 Å². The standard InChI is InChI=1S/C8H16N2O.ClH/c1-8(7(11)10-2)4-3-6(9)5-8;/h6H,3-5,9H2,1-2H3,(H,10,11);1H. The third-order valence-electron chi connectivity index (χ3n) is 2.55. The minimum Gasteiger partial charge on any atom is -0.359 e. The number of amides is 1. The highest BCUT2D eigenvalue weighted by Gasteiger charge is 2.39. The highest BCUT2D eigenvalue weighted by atomic mass is 35.5. The largest absolute Gasteiger partial charge is 0.359 e. The van der Waals surface area contributed by atoms with Crippen molar-refractivity contribution in [2.75, 3.05) is 7.05 Å². The van der Waals surface area contributed by atoms with E-state index in [1.54, 1.807) is 7.05 Å². The van der Waals surface area contributed by atoms with Crippen molar-refractivity contribution < 1.29 is 4.79 Å². The Morgan fingerprint density at radius 3 is 2.58 bits per heavy atom. The molecule has 0 heterocycles. The second kappa shape index (κ2) is 4.10. The Balaban J connectivity index is 0.00000121. The zero-order valence-corrected chi connectivity index (χ0v) is 8.41.